The van der Waals surface area contributed by atoms with Crippen molar-refractivity contribution in [2.45, 2.75) is 36.9 Å². The predicted octanol–water partition coefficient (Wildman–Crippen LogP) is 2.98. The molecule has 9 nitrogen and oxygen atoms in total. The molecule has 1 aromatic carbocycles. The van der Waals surface area contributed by atoms with E-state index in [2.05, 4.69) is 15.5 Å². The molecule has 4 fully saturated rings. The minimum absolute atomic E-state index is 0.0832. The van der Waals surface area contributed by atoms with Gasteiger partial charge in [0.25, 0.3) is 6.01 Å². The van der Waals surface area contributed by atoms with Crippen molar-refractivity contribution in [3.63, 3.8) is 0 Å². The molecule has 0 radical (unpaired) electrons. The predicted molar refractivity (Wildman–Crippen MR) is 121 cm³/mol. The van der Waals surface area contributed by atoms with E-state index in [0.29, 0.717) is 54.1 Å². The number of aromatic nitrogens is 2. The molecule has 2 N–H and O–H groups in total. The van der Waals surface area contributed by atoms with E-state index >= 15 is 0 Å². The highest BCUT2D eigenvalue weighted by Gasteiger charge is 2.80. The Morgan fingerprint density at radius 3 is 3.06 bits per heavy atom. The summed E-state index contributed by atoms with van der Waals surface area (Å²) in [6, 6.07) is 7.29. The normalized spacial score (nSPS) is 34.6. The Hall–Kier alpha value is -2.85. The lowest BCUT2D eigenvalue weighted by molar-refractivity contribution is 0.189. The number of carbonyl (C=O) groups is 1. The average Bonchev–Trinajstić information content (AvgIpc) is 3.30. The first kappa shape index (κ1) is 18.6. The number of oxazole rings is 1. The molecule has 8 rings (SSSR count). The minimum atomic E-state index is -0.195. The van der Waals surface area contributed by atoms with E-state index in [-0.39, 0.29) is 12.1 Å². The molecule has 2 saturated carbocycles. The average molecular weight is 466 g/mol. The molecule has 2 aromatic heterocycles. The third-order valence-corrected chi connectivity index (χ3v) is 9.17. The summed E-state index contributed by atoms with van der Waals surface area (Å²) in [6.07, 6.45) is 1.82. The summed E-state index contributed by atoms with van der Waals surface area (Å²) in [4.78, 5) is 25.8. The number of anilines is 2. The Morgan fingerprint density at radius 1 is 1.27 bits per heavy atom. The van der Waals surface area contributed by atoms with Crippen LogP contribution in [0.2, 0.25) is 0 Å². The third kappa shape index (κ3) is 2.59. The Balaban J connectivity index is 1.06. The van der Waals surface area contributed by atoms with E-state index in [1.165, 1.54) is 10.6 Å². The number of ether oxygens (including phenoxy) is 2. The second kappa shape index (κ2) is 6.38. The lowest BCUT2D eigenvalue weighted by Crippen LogP contribution is -2.38. The van der Waals surface area contributed by atoms with E-state index in [9.17, 15) is 4.79 Å². The van der Waals surface area contributed by atoms with Crippen molar-refractivity contribution in [2.75, 3.05) is 30.5 Å². The molecule has 2 saturated heterocycles. The lowest BCUT2D eigenvalue weighted by atomic mass is 10.1. The van der Waals surface area contributed by atoms with Crippen LogP contribution in [-0.2, 0) is 11.2 Å². The minimum Gasteiger partial charge on any atom is -0.497 e. The van der Waals surface area contributed by atoms with Gasteiger partial charge in [0, 0.05) is 35.6 Å². The van der Waals surface area contributed by atoms with Crippen LogP contribution in [0.25, 0.3) is 11.1 Å². The van der Waals surface area contributed by atoms with Gasteiger partial charge in [-0.1, -0.05) is 0 Å². The molecule has 3 aliphatic carbocycles. The summed E-state index contributed by atoms with van der Waals surface area (Å²) in [7, 11) is 1.66. The number of carbonyl (C=O) groups excluding carboxylic acids is 1. The Morgan fingerprint density at radius 2 is 2.21 bits per heavy atom. The van der Waals surface area contributed by atoms with E-state index in [1.807, 2.05) is 18.2 Å². The highest BCUT2D eigenvalue weighted by atomic mass is 32.1. The maximum Gasteiger partial charge on any atom is 0.321 e. The first-order chi connectivity index (χ1) is 16.2. The topological polar surface area (TPSA) is 102 Å². The van der Waals surface area contributed by atoms with Gasteiger partial charge in [-0.2, -0.15) is 4.98 Å². The van der Waals surface area contributed by atoms with Gasteiger partial charge in [-0.3, -0.25) is 5.32 Å². The SMILES string of the molecule is COc1ccc2oc(N3C4[C@H]5[C@@H]6C(c7sc(NC(=O)N[C@@H]8CCOC8)nc7C[C@H]45)[C@H]63)nc2c1. The summed E-state index contributed by atoms with van der Waals surface area (Å²) >= 11 is 1.63. The number of benzene rings is 1. The fourth-order valence-electron chi connectivity index (χ4n) is 6.62. The quantitative estimate of drug-likeness (QED) is 0.611. The molecule has 33 heavy (non-hydrogen) atoms. The standard InChI is InChI=1S/C23H23N5O4S/c1-30-10-2-3-14-12(6-10)26-23(32-14)28-18-11-7-13-20(17-16(15(11)18)19(17)28)33-22(25-13)27-21(29)24-9-4-5-31-8-9/h2-3,6,9,11,15-19H,4-5,7-8H2,1H3,(H2,24,25,27,29)/t9-,11+,15-,16-,17?,18?,19+/m1/s1. The zero-order valence-electron chi connectivity index (χ0n) is 18.0. The lowest BCUT2D eigenvalue weighted by Gasteiger charge is -2.22. The van der Waals surface area contributed by atoms with Crippen LogP contribution in [0.3, 0.4) is 0 Å². The molecule has 5 aliphatic rings. The van der Waals surface area contributed by atoms with E-state index in [1.54, 1.807) is 18.4 Å². The number of rotatable bonds is 4. The number of urea groups is 1. The number of piperidine rings is 2. The number of thiazole rings is 1. The molecule has 4 heterocycles. The van der Waals surface area contributed by atoms with Crippen molar-refractivity contribution >= 4 is 39.6 Å². The van der Waals surface area contributed by atoms with Gasteiger partial charge in [-0.15, -0.1) is 11.3 Å². The molecular formula is C23H23N5O4S. The molecule has 2 unspecified atom stereocenters. The van der Waals surface area contributed by atoms with Crippen LogP contribution in [0.1, 0.15) is 22.9 Å². The van der Waals surface area contributed by atoms with Crippen LogP contribution in [0, 0.1) is 17.8 Å². The van der Waals surface area contributed by atoms with E-state index in [4.69, 9.17) is 23.9 Å². The van der Waals surface area contributed by atoms with Gasteiger partial charge in [0.1, 0.15) is 11.3 Å². The van der Waals surface area contributed by atoms with Gasteiger partial charge in [0.2, 0.25) is 0 Å². The van der Waals surface area contributed by atoms with Crippen molar-refractivity contribution in [1.29, 1.82) is 0 Å². The summed E-state index contributed by atoms with van der Waals surface area (Å²) in [5.74, 6) is 3.17. The number of nitrogens with one attached hydrogen (secondary N) is 2. The van der Waals surface area contributed by atoms with Gasteiger partial charge in [0.05, 0.1) is 25.5 Å². The number of amides is 2. The van der Waals surface area contributed by atoms with Crippen LogP contribution in [-0.4, -0.2) is 54.4 Å². The van der Waals surface area contributed by atoms with Crippen molar-refractivity contribution in [3.05, 3.63) is 28.8 Å². The molecule has 2 amide bonds. The summed E-state index contributed by atoms with van der Waals surface area (Å²) < 4.78 is 16.9. The monoisotopic (exact) mass is 465 g/mol. The van der Waals surface area contributed by atoms with Crippen molar-refractivity contribution in [2.24, 2.45) is 17.8 Å². The van der Waals surface area contributed by atoms with Crippen molar-refractivity contribution in [3.8, 4) is 5.75 Å². The molecule has 170 valence electrons. The molecule has 0 spiro atoms. The van der Waals surface area contributed by atoms with Crippen LogP contribution in [0.15, 0.2) is 22.6 Å². The second-order valence-corrected chi connectivity index (χ2v) is 10.8. The van der Waals surface area contributed by atoms with Crippen molar-refractivity contribution in [1.82, 2.24) is 15.3 Å². The Kier molecular flexibility index (Phi) is 3.59. The molecular weight excluding hydrogens is 442 g/mol. The van der Waals surface area contributed by atoms with Gasteiger partial charge in [0.15, 0.2) is 10.7 Å². The molecule has 2 aliphatic heterocycles. The van der Waals surface area contributed by atoms with Gasteiger partial charge < -0.3 is 24.1 Å². The second-order valence-electron chi connectivity index (χ2n) is 9.76. The summed E-state index contributed by atoms with van der Waals surface area (Å²) in [5, 5.41) is 6.63. The fourth-order valence-corrected chi connectivity index (χ4v) is 7.80. The van der Waals surface area contributed by atoms with Gasteiger partial charge >= 0.3 is 6.03 Å². The largest absolute Gasteiger partial charge is 0.497 e. The molecule has 10 heteroatoms. The zero-order chi connectivity index (χ0) is 21.8. The van der Waals surface area contributed by atoms with E-state index in [0.717, 1.165) is 35.7 Å². The molecule has 0 bridgehead atoms. The summed E-state index contributed by atoms with van der Waals surface area (Å²) in [6.45, 7) is 1.28. The maximum atomic E-state index is 12.4. The summed E-state index contributed by atoms with van der Waals surface area (Å²) in [5.41, 5.74) is 2.80. The zero-order valence-corrected chi connectivity index (χ0v) is 18.8. The molecule has 3 aromatic rings. The Labute approximate surface area is 193 Å². The van der Waals surface area contributed by atoms with Crippen LogP contribution < -0.4 is 20.3 Å². The fraction of sp³-hybridized carbons (Fsp3) is 0.522. The number of nitrogens with zero attached hydrogens (tertiary/aromatic N) is 3. The third-order valence-electron chi connectivity index (χ3n) is 8.06. The van der Waals surface area contributed by atoms with E-state index < -0.39 is 0 Å². The smallest absolute Gasteiger partial charge is 0.321 e. The first-order valence-electron chi connectivity index (χ1n) is 11.6. The van der Waals surface area contributed by atoms with Crippen molar-refractivity contribution < 1.29 is 18.7 Å². The highest BCUT2D eigenvalue weighted by Crippen LogP contribution is 2.76. The maximum absolute atomic E-state index is 12.4. The number of hydrogen-bond donors (Lipinski definition) is 2. The van der Waals surface area contributed by atoms with Crippen LogP contribution in [0.5, 0.6) is 5.75 Å². The number of methoxy groups -OCH3 is 1. The number of hydrogen-bond acceptors (Lipinski definition) is 8. The van der Waals surface area contributed by atoms with Gasteiger partial charge in [-0.25, -0.2) is 9.78 Å². The van der Waals surface area contributed by atoms with Crippen LogP contribution in [0.4, 0.5) is 15.9 Å². The first-order valence-corrected chi connectivity index (χ1v) is 12.4. The van der Waals surface area contributed by atoms with Gasteiger partial charge in [-0.05, 0) is 42.7 Å². The van der Waals surface area contributed by atoms with Crippen LogP contribution >= 0.6 is 11.3 Å². The number of fused-ring (bicyclic) bond motifs is 5. The highest BCUT2D eigenvalue weighted by molar-refractivity contribution is 7.16. The molecule has 7 atom stereocenters. The Bertz CT molecular complexity index is 1300.